The van der Waals surface area contributed by atoms with Gasteiger partial charge in [0, 0.05) is 6.54 Å². The van der Waals surface area contributed by atoms with Crippen LogP contribution in [0.5, 0.6) is 5.75 Å². The molecule has 0 amide bonds. The molecule has 0 bridgehead atoms. The number of hydrogen-bond acceptors (Lipinski definition) is 3. The number of aryl methyl sites for hydroxylation is 1. The van der Waals surface area contributed by atoms with Gasteiger partial charge < -0.3 is 14.2 Å². The second-order valence-electron chi connectivity index (χ2n) is 8.50. The summed E-state index contributed by atoms with van der Waals surface area (Å²) in [4.78, 5) is 6.99. The summed E-state index contributed by atoms with van der Waals surface area (Å²) in [5.74, 6) is 1.10. The number of para-hydroxylation sites is 1. The van der Waals surface area contributed by atoms with Gasteiger partial charge in [0.1, 0.15) is 18.2 Å². The lowest BCUT2D eigenvalue weighted by atomic mass is 10.2. The van der Waals surface area contributed by atoms with Gasteiger partial charge in [-0.2, -0.15) is 13.2 Å². The van der Waals surface area contributed by atoms with Crippen molar-refractivity contribution in [3.63, 3.8) is 0 Å². The first-order valence-electron chi connectivity index (χ1n) is 12.0. The minimum absolute atomic E-state index is 0.120. The van der Waals surface area contributed by atoms with Crippen molar-refractivity contribution in [2.24, 2.45) is 0 Å². The van der Waals surface area contributed by atoms with Gasteiger partial charge in [0.2, 0.25) is 0 Å². The molecule has 186 valence electrons. The van der Waals surface area contributed by atoms with Crippen LogP contribution in [0.15, 0.2) is 42.5 Å². The Hall–Kier alpha value is -2.25. The lowest BCUT2D eigenvalue weighted by Gasteiger charge is -2.22. The van der Waals surface area contributed by atoms with Crippen molar-refractivity contribution < 1.29 is 17.9 Å². The molecule has 0 spiro atoms. The number of hydrogen-bond donors (Lipinski definition) is 0. The molecule has 0 aliphatic heterocycles. The van der Waals surface area contributed by atoms with Crippen molar-refractivity contribution in [2.75, 3.05) is 19.6 Å². The molecule has 4 nitrogen and oxygen atoms in total. The Morgan fingerprint density at radius 3 is 2.29 bits per heavy atom. The summed E-state index contributed by atoms with van der Waals surface area (Å²) < 4.78 is 47.6. The first-order valence-corrected chi connectivity index (χ1v) is 12.4. The molecule has 0 saturated carbocycles. The first-order chi connectivity index (χ1) is 16.3. The molecule has 0 atom stereocenters. The second-order valence-corrected chi connectivity index (χ2v) is 8.91. The minimum Gasteiger partial charge on any atom is -0.484 e. The van der Waals surface area contributed by atoms with Crippen LogP contribution in [0.1, 0.15) is 57.3 Å². The van der Waals surface area contributed by atoms with Crippen molar-refractivity contribution in [1.82, 2.24) is 14.5 Å². The fraction of sp³-hybridized carbons (Fsp3) is 0.500. The first kappa shape index (κ1) is 26.4. The Morgan fingerprint density at radius 2 is 1.65 bits per heavy atom. The molecule has 0 saturated heterocycles. The van der Waals surface area contributed by atoms with E-state index < -0.39 is 11.7 Å². The summed E-state index contributed by atoms with van der Waals surface area (Å²) in [7, 11) is 0. The van der Waals surface area contributed by atoms with Crippen LogP contribution >= 0.6 is 11.6 Å². The van der Waals surface area contributed by atoms with Gasteiger partial charge in [-0.1, -0.05) is 50.4 Å². The highest BCUT2D eigenvalue weighted by atomic mass is 35.5. The van der Waals surface area contributed by atoms with Crippen LogP contribution in [0.4, 0.5) is 13.2 Å². The van der Waals surface area contributed by atoms with Crippen LogP contribution in [0.2, 0.25) is 5.02 Å². The van der Waals surface area contributed by atoms with Gasteiger partial charge in [-0.05, 0) is 69.2 Å². The number of imidazole rings is 1. The number of fused-ring (bicyclic) bond motifs is 1. The standard InChI is InChI=1S/C26H33ClF3N3O/c1-3-5-14-32(15-6-4-2)16-9-17-33-23-13-12-20(26(28,29)30)18-22(23)31-25(33)19-34-24-11-8-7-10-21(24)27/h7-8,10-13,18H,3-6,9,14-17,19H2,1-2H3. The zero-order chi connectivity index (χ0) is 24.6. The van der Waals surface area contributed by atoms with E-state index in [1.807, 2.05) is 16.7 Å². The second kappa shape index (κ2) is 12.5. The van der Waals surface area contributed by atoms with E-state index in [0.717, 1.165) is 63.9 Å². The van der Waals surface area contributed by atoms with Gasteiger partial charge >= 0.3 is 6.18 Å². The molecular weight excluding hydrogens is 463 g/mol. The Morgan fingerprint density at radius 1 is 0.971 bits per heavy atom. The van der Waals surface area contributed by atoms with E-state index in [-0.39, 0.29) is 6.61 Å². The summed E-state index contributed by atoms with van der Waals surface area (Å²) in [5.41, 5.74) is 0.300. The molecule has 0 fully saturated rings. The third-order valence-electron chi connectivity index (χ3n) is 5.86. The SMILES string of the molecule is CCCCN(CCCC)CCCn1c(COc2ccccc2Cl)nc2cc(C(F)(F)F)ccc21. The highest BCUT2D eigenvalue weighted by molar-refractivity contribution is 6.32. The monoisotopic (exact) mass is 495 g/mol. The predicted molar refractivity (Wildman–Crippen MR) is 131 cm³/mol. The summed E-state index contributed by atoms with van der Waals surface area (Å²) in [6.07, 6.45) is 1.09. The van der Waals surface area contributed by atoms with Crippen LogP contribution in [0, 0.1) is 0 Å². The number of alkyl halides is 3. The van der Waals surface area contributed by atoms with Gasteiger partial charge in [-0.25, -0.2) is 4.98 Å². The van der Waals surface area contributed by atoms with E-state index in [0.29, 0.717) is 34.2 Å². The molecule has 2 aromatic carbocycles. The molecule has 0 radical (unpaired) electrons. The molecule has 0 aliphatic rings. The fourth-order valence-corrected chi connectivity index (χ4v) is 4.16. The molecule has 34 heavy (non-hydrogen) atoms. The third kappa shape index (κ3) is 7.12. The van der Waals surface area contributed by atoms with Gasteiger partial charge in [0.25, 0.3) is 0 Å². The molecule has 3 rings (SSSR count). The number of ether oxygens (including phenoxy) is 1. The number of halogens is 4. The lowest BCUT2D eigenvalue weighted by molar-refractivity contribution is -0.137. The van der Waals surface area contributed by atoms with Crippen molar-refractivity contribution in [3.8, 4) is 5.75 Å². The number of aromatic nitrogens is 2. The topological polar surface area (TPSA) is 30.3 Å². The van der Waals surface area contributed by atoms with Crippen LogP contribution < -0.4 is 4.74 Å². The molecule has 0 aliphatic carbocycles. The maximum atomic E-state index is 13.3. The van der Waals surface area contributed by atoms with Gasteiger partial charge in [-0.3, -0.25) is 0 Å². The normalized spacial score (nSPS) is 12.1. The third-order valence-corrected chi connectivity index (χ3v) is 6.17. The number of nitrogens with zero attached hydrogens (tertiary/aromatic N) is 3. The number of rotatable bonds is 13. The minimum atomic E-state index is -4.41. The van der Waals surface area contributed by atoms with Crippen LogP contribution in [-0.4, -0.2) is 34.1 Å². The number of benzene rings is 2. The average Bonchev–Trinajstić information content (AvgIpc) is 3.16. The van der Waals surface area contributed by atoms with Crippen LogP contribution in [0.25, 0.3) is 11.0 Å². The van der Waals surface area contributed by atoms with Crippen molar-refractivity contribution in [1.29, 1.82) is 0 Å². The molecular formula is C26H33ClF3N3O. The van der Waals surface area contributed by atoms with Gasteiger partial charge in [-0.15, -0.1) is 0 Å². The molecule has 1 heterocycles. The van der Waals surface area contributed by atoms with Gasteiger partial charge in [0.05, 0.1) is 21.6 Å². The summed E-state index contributed by atoms with van der Waals surface area (Å²) in [6.45, 7) is 8.22. The lowest BCUT2D eigenvalue weighted by Crippen LogP contribution is -2.28. The largest absolute Gasteiger partial charge is 0.484 e. The van der Waals surface area contributed by atoms with Crippen LogP contribution in [-0.2, 0) is 19.3 Å². The smallest absolute Gasteiger partial charge is 0.416 e. The maximum absolute atomic E-state index is 13.3. The number of unbranched alkanes of at least 4 members (excludes halogenated alkanes) is 2. The van der Waals surface area contributed by atoms with E-state index in [4.69, 9.17) is 16.3 Å². The van der Waals surface area contributed by atoms with E-state index in [9.17, 15) is 13.2 Å². The Bertz CT molecular complexity index is 1040. The molecule has 0 N–H and O–H groups in total. The predicted octanol–water partition coefficient (Wildman–Crippen LogP) is 7.58. The zero-order valence-electron chi connectivity index (χ0n) is 19.9. The summed E-state index contributed by atoms with van der Waals surface area (Å²) >= 11 is 6.20. The fourth-order valence-electron chi connectivity index (χ4n) is 3.97. The van der Waals surface area contributed by atoms with Crippen molar-refractivity contribution in [2.45, 2.75) is 65.3 Å². The average molecular weight is 496 g/mol. The van der Waals surface area contributed by atoms with Crippen LogP contribution in [0.3, 0.4) is 0 Å². The highest BCUT2D eigenvalue weighted by Crippen LogP contribution is 2.32. The Kier molecular flexibility index (Phi) is 9.65. The summed E-state index contributed by atoms with van der Waals surface area (Å²) in [6, 6.07) is 10.9. The molecule has 3 aromatic rings. The zero-order valence-corrected chi connectivity index (χ0v) is 20.6. The Balaban J connectivity index is 1.81. The summed E-state index contributed by atoms with van der Waals surface area (Å²) in [5, 5.41) is 0.479. The quantitative estimate of drug-likeness (QED) is 0.245. The van der Waals surface area contributed by atoms with E-state index in [2.05, 4.69) is 23.7 Å². The van der Waals surface area contributed by atoms with Gasteiger partial charge in [0.15, 0.2) is 0 Å². The van der Waals surface area contributed by atoms with Crippen molar-refractivity contribution >= 4 is 22.6 Å². The highest BCUT2D eigenvalue weighted by Gasteiger charge is 2.31. The Labute approximate surface area is 204 Å². The van der Waals surface area contributed by atoms with E-state index in [1.54, 1.807) is 12.1 Å². The maximum Gasteiger partial charge on any atom is 0.416 e. The molecule has 1 aromatic heterocycles. The van der Waals surface area contributed by atoms with E-state index >= 15 is 0 Å². The van der Waals surface area contributed by atoms with Crippen molar-refractivity contribution in [3.05, 3.63) is 58.9 Å². The molecule has 0 unspecified atom stereocenters. The molecule has 8 heteroatoms. The van der Waals surface area contributed by atoms with E-state index in [1.165, 1.54) is 6.07 Å².